The molecule has 0 radical (unpaired) electrons. The zero-order valence-corrected chi connectivity index (χ0v) is 10.4. The van der Waals surface area contributed by atoms with E-state index in [1.165, 1.54) is 0 Å². The molecule has 0 fully saturated rings. The quantitative estimate of drug-likeness (QED) is 0.777. The van der Waals surface area contributed by atoms with Gasteiger partial charge in [0.05, 0.1) is 12.0 Å². The fourth-order valence-corrected chi connectivity index (χ4v) is 1.97. The summed E-state index contributed by atoms with van der Waals surface area (Å²) in [4.78, 5) is 4.43. The van der Waals surface area contributed by atoms with Gasteiger partial charge in [0.15, 0.2) is 0 Å². The zero-order valence-electron chi connectivity index (χ0n) is 10.4. The highest BCUT2D eigenvalue weighted by Crippen LogP contribution is 2.25. The third-order valence-electron chi connectivity index (χ3n) is 2.90. The first kappa shape index (κ1) is 11.7. The lowest BCUT2D eigenvalue weighted by molar-refractivity contribution is 0.263. The van der Waals surface area contributed by atoms with Gasteiger partial charge in [-0.15, -0.1) is 0 Å². The molecule has 0 aliphatic rings. The average molecular weight is 254 g/mol. The van der Waals surface area contributed by atoms with Crippen molar-refractivity contribution in [2.75, 3.05) is 0 Å². The molecule has 19 heavy (non-hydrogen) atoms. The van der Waals surface area contributed by atoms with Crippen LogP contribution in [0.4, 0.5) is 0 Å². The highest BCUT2D eigenvalue weighted by Gasteiger charge is 2.07. The zero-order chi connectivity index (χ0) is 13.1. The predicted molar refractivity (Wildman–Crippen MR) is 72.7 cm³/mol. The lowest BCUT2D eigenvalue weighted by atomic mass is 10.1. The van der Waals surface area contributed by atoms with Crippen molar-refractivity contribution in [3.8, 4) is 5.88 Å². The van der Waals surface area contributed by atoms with E-state index in [2.05, 4.69) is 4.98 Å². The van der Waals surface area contributed by atoms with Gasteiger partial charge in [-0.1, -0.05) is 18.2 Å². The molecule has 2 heterocycles. The number of nitrogens with two attached hydrogens (primary N) is 1. The summed E-state index contributed by atoms with van der Waals surface area (Å²) < 4.78 is 11.0. The van der Waals surface area contributed by atoms with E-state index < -0.39 is 0 Å². The molecular formula is C15H14N2O2. The van der Waals surface area contributed by atoms with Gasteiger partial charge in [0.1, 0.15) is 12.4 Å². The van der Waals surface area contributed by atoms with E-state index in [9.17, 15) is 0 Å². The Morgan fingerprint density at radius 1 is 1.16 bits per heavy atom. The van der Waals surface area contributed by atoms with Gasteiger partial charge in [0, 0.05) is 11.9 Å². The number of rotatable bonds is 4. The van der Waals surface area contributed by atoms with Crippen LogP contribution in [-0.4, -0.2) is 4.98 Å². The van der Waals surface area contributed by atoms with Crippen LogP contribution in [0.1, 0.15) is 11.5 Å². The molecule has 3 rings (SSSR count). The topological polar surface area (TPSA) is 61.3 Å². The Balaban J connectivity index is 1.96. The average Bonchev–Trinajstić information content (AvgIpc) is 2.97. The smallest absolute Gasteiger partial charge is 0.222 e. The molecule has 0 saturated heterocycles. The Hall–Kier alpha value is -2.33. The monoisotopic (exact) mass is 254 g/mol. The van der Waals surface area contributed by atoms with Crippen LogP contribution in [0.3, 0.4) is 0 Å². The highest BCUT2D eigenvalue weighted by molar-refractivity contribution is 5.87. The van der Waals surface area contributed by atoms with Gasteiger partial charge in [0.25, 0.3) is 0 Å². The van der Waals surface area contributed by atoms with Gasteiger partial charge in [-0.05, 0) is 29.7 Å². The van der Waals surface area contributed by atoms with Gasteiger partial charge >= 0.3 is 0 Å². The van der Waals surface area contributed by atoms with E-state index >= 15 is 0 Å². The number of hydrogen-bond donors (Lipinski definition) is 1. The van der Waals surface area contributed by atoms with Crippen molar-refractivity contribution in [2.24, 2.45) is 5.73 Å². The molecule has 4 nitrogen and oxygen atoms in total. The van der Waals surface area contributed by atoms with Crippen LogP contribution in [0, 0.1) is 0 Å². The fourth-order valence-electron chi connectivity index (χ4n) is 1.97. The van der Waals surface area contributed by atoms with Gasteiger partial charge < -0.3 is 14.9 Å². The first-order valence-electron chi connectivity index (χ1n) is 6.11. The Morgan fingerprint density at radius 3 is 2.84 bits per heavy atom. The number of ether oxygens (including phenoxy) is 1. The second-order valence-corrected chi connectivity index (χ2v) is 4.21. The molecule has 0 bridgehead atoms. The maximum Gasteiger partial charge on any atom is 0.222 e. The Morgan fingerprint density at radius 2 is 2.05 bits per heavy atom. The van der Waals surface area contributed by atoms with E-state index in [1.54, 1.807) is 6.26 Å². The molecule has 1 aromatic carbocycles. The van der Waals surface area contributed by atoms with Crippen LogP contribution in [-0.2, 0) is 13.2 Å². The maximum atomic E-state index is 5.75. The third kappa shape index (κ3) is 2.44. The molecule has 3 aromatic rings. The van der Waals surface area contributed by atoms with Gasteiger partial charge in [-0.25, -0.2) is 4.98 Å². The van der Waals surface area contributed by atoms with Crippen LogP contribution >= 0.6 is 0 Å². The molecule has 2 aromatic heterocycles. The summed E-state index contributed by atoms with van der Waals surface area (Å²) in [6, 6.07) is 13.6. The van der Waals surface area contributed by atoms with E-state index in [1.807, 2.05) is 42.5 Å². The Labute approximate surface area is 110 Å². The van der Waals surface area contributed by atoms with Crippen molar-refractivity contribution >= 4 is 10.8 Å². The molecule has 0 saturated carbocycles. The summed E-state index contributed by atoms with van der Waals surface area (Å²) in [6.07, 6.45) is 1.63. The summed E-state index contributed by atoms with van der Waals surface area (Å²) >= 11 is 0. The largest absolute Gasteiger partial charge is 0.469 e. The van der Waals surface area contributed by atoms with Crippen molar-refractivity contribution < 1.29 is 9.15 Å². The van der Waals surface area contributed by atoms with Crippen LogP contribution in [0.5, 0.6) is 5.88 Å². The number of benzene rings is 1. The summed E-state index contributed by atoms with van der Waals surface area (Å²) in [5, 5.41) is 2.05. The Bertz CT molecular complexity index is 678. The molecule has 0 aliphatic carbocycles. The first-order chi connectivity index (χ1) is 9.36. The number of aromatic nitrogens is 1. The summed E-state index contributed by atoms with van der Waals surface area (Å²) in [7, 11) is 0. The second-order valence-electron chi connectivity index (χ2n) is 4.21. The minimum Gasteiger partial charge on any atom is -0.469 e. The van der Waals surface area contributed by atoms with Crippen molar-refractivity contribution in [1.82, 2.24) is 4.98 Å². The molecular weight excluding hydrogens is 240 g/mol. The summed E-state index contributed by atoms with van der Waals surface area (Å²) in [5.74, 6) is 1.36. The van der Waals surface area contributed by atoms with E-state index in [0.29, 0.717) is 19.0 Å². The number of fused-ring (bicyclic) bond motifs is 1. The van der Waals surface area contributed by atoms with Crippen LogP contribution in [0.2, 0.25) is 0 Å². The highest BCUT2D eigenvalue weighted by atomic mass is 16.5. The second kappa shape index (κ2) is 5.12. The van der Waals surface area contributed by atoms with Gasteiger partial charge in [0.2, 0.25) is 5.88 Å². The van der Waals surface area contributed by atoms with E-state index in [0.717, 1.165) is 22.2 Å². The molecule has 0 spiro atoms. The predicted octanol–water partition coefficient (Wildman–Crippen LogP) is 2.87. The molecule has 0 amide bonds. The summed E-state index contributed by atoms with van der Waals surface area (Å²) in [6.45, 7) is 0.750. The van der Waals surface area contributed by atoms with E-state index in [-0.39, 0.29) is 0 Å². The van der Waals surface area contributed by atoms with Crippen molar-refractivity contribution in [3.05, 3.63) is 60.2 Å². The normalized spacial score (nSPS) is 10.8. The minimum absolute atomic E-state index is 0.359. The number of nitrogens with zero attached hydrogens (tertiary/aromatic N) is 1. The lowest BCUT2D eigenvalue weighted by Crippen LogP contribution is -2.03. The number of hydrogen-bond acceptors (Lipinski definition) is 4. The fraction of sp³-hybridized carbons (Fsp3) is 0.133. The summed E-state index contributed by atoms with van der Waals surface area (Å²) in [5.41, 5.74) is 6.48. The van der Waals surface area contributed by atoms with Crippen molar-refractivity contribution in [1.29, 1.82) is 0 Å². The molecule has 4 heteroatoms. The molecule has 0 atom stereocenters. The molecule has 0 aliphatic heterocycles. The van der Waals surface area contributed by atoms with Crippen molar-refractivity contribution in [2.45, 2.75) is 13.2 Å². The van der Waals surface area contributed by atoms with Crippen molar-refractivity contribution in [3.63, 3.8) is 0 Å². The SMILES string of the molecule is NCc1cc2ccccc2c(OCc2ccco2)n1. The lowest BCUT2D eigenvalue weighted by Gasteiger charge is -2.09. The van der Waals surface area contributed by atoms with Crippen LogP contribution in [0.25, 0.3) is 10.8 Å². The minimum atomic E-state index is 0.359. The third-order valence-corrected chi connectivity index (χ3v) is 2.90. The molecule has 96 valence electrons. The van der Waals surface area contributed by atoms with Crippen LogP contribution < -0.4 is 10.5 Å². The van der Waals surface area contributed by atoms with E-state index in [4.69, 9.17) is 14.9 Å². The van der Waals surface area contributed by atoms with Gasteiger partial charge in [-0.2, -0.15) is 0 Å². The number of pyridine rings is 1. The molecule has 2 N–H and O–H groups in total. The maximum absolute atomic E-state index is 5.75. The Kier molecular flexibility index (Phi) is 3.16. The first-order valence-corrected chi connectivity index (χ1v) is 6.11. The molecule has 0 unspecified atom stereocenters. The van der Waals surface area contributed by atoms with Crippen LogP contribution in [0.15, 0.2) is 53.1 Å². The number of furan rings is 1. The van der Waals surface area contributed by atoms with Gasteiger partial charge in [-0.3, -0.25) is 0 Å². The standard InChI is InChI=1S/C15H14N2O2/c16-9-12-8-11-4-1-2-6-14(11)15(17-12)19-10-13-5-3-7-18-13/h1-8H,9-10,16H2.